The third-order valence-corrected chi connectivity index (χ3v) is 5.01. The Bertz CT molecular complexity index is 1230. The largest absolute Gasteiger partial charge is 0.493 e. The van der Waals surface area contributed by atoms with Gasteiger partial charge in [-0.25, -0.2) is 0 Å². The van der Waals surface area contributed by atoms with Crippen LogP contribution in [0.3, 0.4) is 0 Å². The molecule has 0 N–H and O–H groups in total. The minimum Gasteiger partial charge on any atom is -0.493 e. The maximum absolute atomic E-state index is 11.5. The van der Waals surface area contributed by atoms with Crippen LogP contribution < -0.4 is 18.9 Å². The molecule has 12 nitrogen and oxygen atoms in total. The molecule has 0 fully saturated rings. The van der Waals surface area contributed by atoms with Crippen LogP contribution in [0.15, 0.2) is 58.5 Å². The Kier molecular flexibility index (Phi) is 8.13. The molecule has 0 unspecified atom stereocenters. The quantitative estimate of drug-likeness (QED) is 0.216. The topological polar surface area (TPSA) is 148 Å². The predicted molar refractivity (Wildman–Crippen MR) is 133 cm³/mol. The van der Waals surface area contributed by atoms with Crippen molar-refractivity contribution in [1.29, 1.82) is 0 Å². The summed E-state index contributed by atoms with van der Waals surface area (Å²) in [6.07, 6.45) is 2.71. The molecule has 36 heavy (non-hydrogen) atoms. The zero-order valence-electron chi connectivity index (χ0n) is 19.8. The summed E-state index contributed by atoms with van der Waals surface area (Å²) in [5.41, 5.74) is 1.12. The molecule has 0 amide bonds. The molecule has 0 heterocycles. The van der Waals surface area contributed by atoms with Crippen LogP contribution in [0.5, 0.6) is 23.0 Å². The van der Waals surface area contributed by atoms with Gasteiger partial charge in [-0.3, -0.25) is 30.2 Å². The molecule has 0 aliphatic heterocycles. The Labute approximate surface area is 205 Å². The summed E-state index contributed by atoms with van der Waals surface area (Å²) in [5, 5.41) is 22.9. The fraction of sp³-hybridized carbons (Fsp3) is 0.167. The summed E-state index contributed by atoms with van der Waals surface area (Å²) in [6.45, 7) is 0. The molecule has 0 aromatic heterocycles. The van der Waals surface area contributed by atoms with Crippen LogP contribution in [0.2, 0.25) is 0 Å². The van der Waals surface area contributed by atoms with E-state index in [4.69, 9.17) is 18.9 Å². The van der Waals surface area contributed by atoms with E-state index in [0.29, 0.717) is 22.9 Å². The average Bonchev–Trinajstić information content (AvgIpc) is 2.89. The lowest BCUT2D eigenvalue weighted by Gasteiger charge is -2.08. The van der Waals surface area contributed by atoms with Crippen LogP contribution >= 0.6 is 0 Å². The van der Waals surface area contributed by atoms with E-state index in [1.165, 1.54) is 65.1 Å². The maximum Gasteiger partial charge on any atom is 0.282 e. The van der Waals surface area contributed by atoms with E-state index in [1.54, 1.807) is 24.3 Å². The van der Waals surface area contributed by atoms with E-state index in [1.807, 2.05) is 0 Å². The molecule has 0 atom stereocenters. The molecular formula is C24H22N4O8. The molecule has 0 radical (unpaired) electrons. The van der Waals surface area contributed by atoms with Crippen molar-refractivity contribution in [2.24, 2.45) is 9.98 Å². The number of rotatable bonds is 10. The minimum absolute atomic E-state index is 0.186. The van der Waals surface area contributed by atoms with Crippen LogP contribution in [0.4, 0.5) is 22.7 Å². The van der Waals surface area contributed by atoms with Crippen molar-refractivity contribution in [3.63, 3.8) is 0 Å². The molecule has 0 spiro atoms. The Morgan fingerprint density at radius 3 is 1.19 bits per heavy atom. The molecule has 186 valence electrons. The second-order valence-corrected chi connectivity index (χ2v) is 7.08. The van der Waals surface area contributed by atoms with Crippen LogP contribution in [0.25, 0.3) is 0 Å². The number of methoxy groups -OCH3 is 4. The highest BCUT2D eigenvalue weighted by molar-refractivity contribution is 5.89. The zero-order chi connectivity index (χ0) is 26.2. The number of nitro groups is 2. The van der Waals surface area contributed by atoms with E-state index in [9.17, 15) is 20.2 Å². The van der Waals surface area contributed by atoms with Gasteiger partial charge in [0, 0.05) is 12.4 Å². The van der Waals surface area contributed by atoms with E-state index in [2.05, 4.69) is 9.98 Å². The smallest absolute Gasteiger partial charge is 0.282 e. The highest BCUT2D eigenvalue weighted by Gasteiger charge is 2.19. The van der Waals surface area contributed by atoms with Gasteiger partial charge >= 0.3 is 0 Å². The summed E-state index contributed by atoms with van der Waals surface area (Å²) >= 11 is 0. The van der Waals surface area contributed by atoms with Crippen LogP contribution in [0.1, 0.15) is 11.1 Å². The molecular weight excluding hydrogens is 472 g/mol. The van der Waals surface area contributed by atoms with Gasteiger partial charge in [0.1, 0.15) is 0 Å². The van der Waals surface area contributed by atoms with Gasteiger partial charge in [0.05, 0.1) is 72.9 Å². The standard InChI is InChI=1S/C24H22N4O8/c1-33-21-9-15(19(27(29)30)11-23(21)35-3)13-25-17-5-7-18(8-6-17)26-14-16-10-22(34-2)24(36-4)12-20(16)28(31)32/h5-14H,1-4H3. The first-order valence-corrected chi connectivity index (χ1v) is 10.3. The molecule has 0 bridgehead atoms. The van der Waals surface area contributed by atoms with E-state index < -0.39 is 9.85 Å². The lowest BCUT2D eigenvalue weighted by molar-refractivity contribution is -0.385. The van der Waals surface area contributed by atoms with Gasteiger partial charge < -0.3 is 18.9 Å². The molecule has 0 aliphatic rings. The van der Waals surface area contributed by atoms with Gasteiger partial charge in [-0.1, -0.05) is 0 Å². The summed E-state index contributed by atoms with van der Waals surface area (Å²) in [4.78, 5) is 30.4. The number of nitro benzene ring substituents is 2. The van der Waals surface area contributed by atoms with Crippen molar-refractivity contribution in [3.05, 3.63) is 79.9 Å². The Balaban J connectivity index is 1.86. The predicted octanol–water partition coefficient (Wildman–Crippen LogP) is 5.04. The Morgan fingerprint density at radius 1 is 0.611 bits per heavy atom. The average molecular weight is 494 g/mol. The van der Waals surface area contributed by atoms with Gasteiger partial charge in [0.15, 0.2) is 23.0 Å². The van der Waals surface area contributed by atoms with E-state index in [0.717, 1.165) is 0 Å². The first kappa shape index (κ1) is 25.6. The second-order valence-electron chi connectivity index (χ2n) is 7.08. The number of hydrogen-bond donors (Lipinski definition) is 0. The van der Waals surface area contributed by atoms with Gasteiger partial charge in [0.25, 0.3) is 11.4 Å². The van der Waals surface area contributed by atoms with Gasteiger partial charge in [-0.05, 0) is 36.4 Å². The molecule has 3 rings (SSSR count). The van der Waals surface area contributed by atoms with E-state index in [-0.39, 0.29) is 34.0 Å². The highest BCUT2D eigenvalue weighted by atomic mass is 16.6. The second kappa shape index (κ2) is 11.4. The fourth-order valence-electron chi connectivity index (χ4n) is 3.20. The van der Waals surface area contributed by atoms with Crippen molar-refractivity contribution < 1.29 is 28.8 Å². The first-order chi connectivity index (χ1) is 17.3. The van der Waals surface area contributed by atoms with Crippen molar-refractivity contribution in [3.8, 4) is 23.0 Å². The summed E-state index contributed by atoms with van der Waals surface area (Å²) in [5.74, 6) is 1.13. The van der Waals surface area contributed by atoms with Crippen LogP contribution in [0, 0.1) is 20.2 Å². The van der Waals surface area contributed by atoms with Crippen molar-refractivity contribution in [1.82, 2.24) is 0 Å². The van der Waals surface area contributed by atoms with Crippen LogP contribution in [-0.2, 0) is 0 Å². The lowest BCUT2D eigenvalue weighted by atomic mass is 10.1. The molecule has 3 aromatic rings. The van der Waals surface area contributed by atoms with Gasteiger partial charge in [0.2, 0.25) is 0 Å². The lowest BCUT2D eigenvalue weighted by Crippen LogP contribution is -1.98. The normalized spacial score (nSPS) is 11.0. The van der Waals surface area contributed by atoms with E-state index >= 15 is 0 Å². The number of nitrogens with zero attached hydrogens (tertiary/aromatic N) is 4. The zero-order valence-corrected chi connectivity index (χ0v) is 19.8. The summed E-state index contributed by atoms with van der Waals surface area (Å²) in [7, 11) is 5.65. The molecule has 3 aromatic carbocycles. The number of ether oxygens (including phenoxy) is 4. The Morgan fingerprint density at radius 2 is 0.917 bits per heavy atom. The van der Waals surface area contributed by atoms with Crippen molar-refractivity contribution in [2.45, 2.75) is 0 Å². The van der Waals surface area contributed by atoms with Crippen molar-refractivity contribution in [2.75, 3.05) is 28.4 Å². The maximum atomic E-state index is 11.5. The molecule has 0 saturated carbocycles. The van der Waals surface area contributed by atoms with Gasteiger partial charge in [-0.2, -0.15) is 0 Å². The third-order valence-electron chi connectivity index (χ3n) is 5.01. The highest BCUT2D eigenvalue weighted by Crippen LogP contribution is 2.35. The Hall–Kier alpha value is -5.00. The van der Waals surface area contributed by atoms with Crippen LogP contribution in [-0.4, -0.2) is 50.7 Å². The fourth-order valence-corrected chi connectivity index (χ4v) is 3.20. The molecule has 0 aliphatic carbocycles. The number of benzene rings is 3. The molecule has 0 saturated heterocycles. The summed E-state index contributed by atoms with van der Waals surface area (Å²) in [6, 6.07) is 12.1. The SMILES string of the molecule is COc1cc(C=Nc2ccc(N=Cc3cc(OC)c(OC)cc3[N+](=O)[O-])cc2)c([N+](=O)[O-])cc1OC. The third kappa shape index (κ3) is 5.73. The monoisotopic (exact) mass is 494 g/mol. The number of aliphatic imine (C=N–C) groups is 2. The first-order valence-electron chi connectivity index (χ1n) is 10.3. The van der Waals surface area contributed by atoms with Gasteiger partial charge in [-0.15, -0.1) is 0 Å². The summed E-state index contributed by atoms with van der Waals surface area (Å²) < 4.78 is 20.7. The van der Waals surface area contributed by atoms with Crippen molar-refractivity contribution >= 4 is 35.2 Å². The molecule has 12 heteroatoms. The minimum atomic E-state index is -0.533. The number of hydrogen-bond acceptors (Lipinski definition) is 10.